The van der Waals surface area contributed by atoms with Gasteiger partial charge in [-0.05, 0) is 36.8 Å². The largest absolute Gasteiger partial charge is 0.459 e. The number of rotatable bonds is 6. The number of likely N-dealkylation sites (tertiary alicyclic amines) is 1. The van der Waals surface area contributed by atoms with Crippen molar-refractivity contribution in [2.24, 2.45) is 5.73 Å². The number of hydrogen-bond acceptors (Lipinski definition) is 4. The highest BCUT2D eigenvalue weighted by molar-refractivity contribution is 5.88. The molecular weight excluding hydrogens is 376 g/mol. The van der Waals surface area contributed by atoms with Crippen molar-refractivity contribution in [2.75, 3.05) is 6.54 Å². The van der Waals surface area contributed by atoms with Crippen LogP contribution in [0.1, 0.15) is 30.4 Å². The Morgan fingerprint density at radius 2 is 1.61 bits per heavy atom. The lowest BCUT2D eigenvalue weighted by Gasteiger charge is -2.35. The summed E-state index contributed by atoms with van der Waals surface area (Å²) in [5, 5.41) is 0. The van der Waals surface area contributed by atoms with Gasteiger partial charge in [-0.1, -0.05) is 60.7 Å². The Hall–Kier alpha value is -2.37. The van der Waals surface area contributed by atoms with Gasteiger partial charge in [0.2, 0.25) is 5.91 Å². The average Bonchev–Trinajstić information content (AvgIpc) is 2.73. The fraction of sp³-hybridized carbons (Fsp3) is 0.364. The van der Waals surface area contributed by atoms with Crippen LogP contribution in [0.4, 0.5) is 0 Å². The van der Waals surface area contributed by atoms with Crippen LogP contribution in [0.3, 0.4) is 0 Å². The highest BCUT2D eigenvalue weighted by Gasteiger charge is 2.35. The summed E-state index contributed by atoms with van der Waals surface area (Å²) in [6.45, 7) is 0.765. The average molecular weight is 403 g/mol. The van der Waals surface area contributed by atoms with E-state index in [1.165, 1.54) is 0 Å². The first-order valence-electron chi connectivity index (χ1n) is 9.45. The smallest absolute Gasteiger partial charge is 0.329 e. The van der Waals surface area contributed by atoms with E-state index in [1.54, 1.807) is 4.90 Å². The van der Waals surface area contributed by atoms with E-state index in [4.69, 9.17) is 10.5 Å². The normalized spacial score (nSPS) is 17.3. The lowest BCUT2D eigenvalue weighted by molar-refractivity contribution is -0.158. The molecule has 0 spiro atoms. The van der Waals surface area contributed by atoms with Crippen LogP contribution in [-0.4, -0.2) is 35.4 Å². The summed E-state index contributed by atoms with van der Waals surface area (Å²) in [7, 11) is 0. The van der Waals surface area contributed by atoms with Crippen molar-refractivity contribution in [3.63, 3.8) is 0 Å². The molecule has 2 aromatic carbocycles. The van der Waals surface area contributed by atoms with Crippen LogP contribution in [-0.2, 0) is 27.4 Å². The number of benzene rings is 2. The lowest BCUT2D eigenvalue weighted by Crippen LogP contribution is -2.54. The van der Waals surface area contributed by atoms with Gasteiger partial charge in [0, 0.05) is 6.54 Å². The molecule has 1 heterocycles. The zero-order chi connectivity index (χ0) is 19.1. The molecule has 1 aliphatic rings. The maximum atomic E-state index is 12.9. The molecule has 1 amide bonds. The van der Waals surface area contributed by atoms with Crippen LogP contribution in [0.5, 0.6) is 0 Å². The zero-order valence-electron chi connectivity index (χ0n) is 15.8. The van der Waals surface area contributed by atoms with Crippen LogP contribution < -0.4 is 5.73 Å². The molecule has 2 N–H and O–H groups in total. The van der Waals surface area contributed by atoms with E-state index in [2.05, 4.69) is 0 Å². The third-order valence-corrected chi connectivity index (χ3v) is 4.90. The van der Waals surface area contributed by atoms with Gasteiger partial charge in [0.1, 0.15) is 12.6 Å². The molecule has 3 rings (SSSR count). The maximum Gasteiger partial charge on any atom is 0.329 e. The SMILES string of the molecule is Cl.N[C@@H](Cc1ccccc1)C(=O)N1CCCC[C@@H]1C(=O)OCc1ccccc1. The maximum absolute atomic E-state index is 12.9. The first-order chi connectivity index (χ1) is 13.1. The van der Waals surface area contributed by atoms with Crippen LogP contribution in [0.2, 0.25) is 0 Å². The van der Waals surface area contributed by atoms with Crippen molar-refractivity contribution >= 4 is 24.3 Å². The van der Waals surface area contributed by atoms with Gasteiger partial charge in [-0.25, -0.2) is 4.79 Å². The Balaban J connectivity index is 0.00000280. The van der Waals surface area contributed by atoms with Crippen molar-refractivity contribution < 1.29 is 14.3 Å². The monoisotopic (exact) mass is 402 g/mol. The molecular formula is C22H27ClN2O3. The van der Waals surface area contributed by atoms with Gasteiger partial charge < -0.3 is 15.4 Å². The van der Waals surface area contributed by atoms with E-state index < -0.39 is 12.1 Å². The molecule has 1 saturated heterocycles. The van der Waals surface area contributed by atoms with Gasteiger partial charge >= 0.3 is 5.97 Å². The van der Waals surface area contributed by atoms with Crippen LogP contribution in [0, 0.1) is 0 Å². The number of piperidine rings is 1. The van der Waals surface area contributed by atoms with Crippen molar-refractivity contribution in [3.8, 4) is 0 Å². The minimum atomic E-state index is -0.657. The molecule has 0 bridgehead atoms. The minimum Gasteiger partial charge on any atom is -0.459 e. The van der Waals surface area contributed by atoms with Crippen molar-refractivity contribution in [1.82, 2.24) is 4.90 Å². The quantitative estimate of drug-likeness (QED) is 0.753. The molecule has 0 saturated carbocycles. The number of nitrogens with two attached hydrogens (primary N) is 1. The number of carbonyl (C=O) groups is 2. The van der Waals surface area contributed by atoms with E-state index in [-0.39, 0.29) is 30.9 Å². The number of ether oxygens (including phenoxy) is 1. The van der Waals surface area contributed by atoms with E-state index in [0.29, 0.717) is 19.4 Å². The summed E-state index contributed by atoms with van der Waals surface area (Å²) >= 11 is 0. The molecule has 150 valence electrons. The standard InChI is InChI=1S/C22H26N2O3.ClH/c23-19(15-17-9-3-1-4-10-17)21(25)24-14-8-7-13-20(24)22(26)27-16-18-11-5-2-6-12-18;/h1-6,9-12,19-20H,7-8,13-16,23H2;1H/t19-,20+;/m0./s1. The minimum absolute atomic E-state index is 0. The van der Waals surface area contributed by atoms with E-state index in [1.807, 2.05) is 60.7 Å². The van der Waals surface area contributed by atoms with E-state index in [9.17, 15) is 9.59 Å². The Morgan fingerprint density at radius 3 is 2.25 bits per heavy atom. The Kier molecular flexibility index (Phi) is 8.48. The van der Waals surface area contributed by atoms with Crippen molar-refractivity contribution in [1.29, 1.82) is 0 Å². The fourth-order valence-electron chi connectivity index (χ4n) is 3.43. The molecule has 0 unspecified atom stereocenters. The summed E-state index contributed by atoms with van der Waals surface area (Å²) in [5.41, 5.74) is 8.11. The van der Waals surface area contributed by atoms with Crippen LogP contribution in [0.25, 0.3) is 0 Å². The Bertz CT molecular complexity index is 755. The number of nitrogens with zero attached hydrogens (tertiary/aromatic N) is 1. The number of amides is 1. The highest BCUT2D eigenvalue weighted by Crippen LogP contribution is 2.20. The predicted octanol–water partition coefficient (Wildman–Crippen LogP) is 3.10. The fourth-order valence-corrected chi connectivity index (χ4v) is 3.43. The number of esters is 1. The third kappa shape index (κ3) is 5.81. The molecule has 6 heteroatoms. The van der Waals surface area contributed by atoms with Crippen molar-refractivity contribution in [2.45, 2.75) is 44.4 Å². The molecule has 5 nitrogen and oxygen atoms in total. The highest BCUT2D eigenvalue weighted by atomic mass is 35.5. The van der Waals surface area contributed by atoms with Gasteiger partial charge in [0.05, 0.1) is 6.04 Å². The molecule has 0 aliphatic carbocycles. The summed E-state index contributed by atoms with van der Waals surface area (Å²) in [6.07, 6.45) is 2.87. The summed E-state index contributed by atoms with van der Waals surface area (Å²) in [6, 6.07) is 18.0. The predicted molar refractivity (Wildman–Crippen MR) is 111 cm³/mol. The molecule has 0 radical (unpaired) electrons. The number of hydrogen-bond donors (Lipinski definition) is 1. The van der Waals surface area contributed by atoms with Gasteiger partial charge in [-0.2, -0.15) is 0 Å². The van der Waals surface area contributed by atoms with E-state index >= 15 is 0 Å². The number of halogens is 1. The Morgan fingerprint density at radius 1 is 1.00 bits per heavy atom. The second-order valence-corrected chi connectivity index (χ2v) is 6.93. The second-order valence-electron chi connectivity index (χ2n) is 6.93. The van der Waals surface area contributed by atoms with Gasteiger partial charge in [0.25, 0.3) is 0 Å². The Labute approximate surface area is 172 Å². The van der Waals surface area contributed by atoms with Crippen LogP contribution >= 0.6 is 12.4 Å². The molecule has 2 aromatic rings. The zero-order valence-corrected chi connectivity index (χ0v) is 16.6. The number of carbonyl (C=O) groups excluding carboxylic acids is 2. The first-order valence-corrected chi connectivity index (χ1v) is 9.45. The summed E-state index contributed by atoms with van der Waals surface area (Å²) in [5.74, 6) is -0.529. The molecule has 1 aliphatic heterocycles. The summed E-state index contributed by atoms with van der Waals surface area (Å²) < 4.78 is 5.47. The molecule has 1 fully saturated rings. The van der Waals surface area contributed by atoms with E-state index in [0.717, 1.165) is 24.0 Å². The summed E-state index contributed by atoms with van der Waals surface area (Å²) in [4.78, 5) is 27.1. The molecule has 0 aromatic heterocycles. The second kappa shape index (κ2) is 10.8. The van der Waals surface area contributed by atoms with Gasteiger partial charge in [0.15, 0.2) is 0 Å². The first kappa shape index (κ1) is 21.9. The third-order valence-electron chi connectivity index (χ3n) is 4.90. The van der Waals surface area contributed by atoms with Crippen molar-refractivity contribution in [3.05, 3.63) is 71.8 Å². The molecule has 2 atom stereocenters. The lowest BCUT2D eigenvalue weighted by atomic mass is 9.99. The topological polar surface area (TPSA) is 72.6 Å². The van der Waals surface area contributed by atoms with Crippen LogP contribution in [0.15, 0.2) is 60.7 Å². The van der Waals surface area contributed by atoms with Gasteiger partial charge in [-0.15, -0.1) is 12.4 Å². The molecule has 28 heavy (non-hydrogen) atoms. The van der Waals surface area contributed by atoms with Gasteiger partial charge in [-0.3, -0.25) is 4.79 Å².